The molecule has 0 radical (unpaired) electrons. The molecule has 1 fully saturated rings. The minimum absolute atomic E-state index is 0.0524. The van der Waals surface area contributed by atoms with Crippen molar-refractivity contribution in [2.24, 2.45) is 0 Å². The van der Waals surface area contributed by atoms with Gasteiger partial charge in [-0.2, -0.15) is 0 Å². The maximum Gasteiger partial charge on any atom is 0.269 e. The molecule has 1 unspecified atom stereocenters. The van der Waals surface area contributed by atoms with Crippen LogP contribution < -0.4 is 10.6 Å². The monoisotopic (exact) mass is 726 g/mol. The van der Waals surface area contributed by atoms with Crippen LogP contribution in [0.2, 0.25) is 0 Å². The lowest BCUT2D eigenvalue weighted by atomic mass is 9.97. The van der Waals surface area contributed by atoms with Crippen LogP contribution in [-0.4, -0.2) is 80.8 Å². The Morgan fingerprint density at radius 2 is 1.80 bits per heavy atom. The Morgan fingerprint density at radius 1 is 1.02 bits per heavy atom. The molecule has 1 aliphatic carbocycles. The lowest BCUT2D eigenvalue weighted by Crippen LogP contribution is -2.41. The van der Waals surface area contributed by atoms with Crippen molar-refractivity contribution in [3.8, 4) is 22.5 Å². The largest absolute Gasteiger partial charge is 0.358 e. The van der Waals surface area contributed by atoms with Gasteiger partial charge in [-0.3, -0.25) is 29.3 Å². The fraction of sp³-hybridized carbons (Fsp3) is 0.349. The van der Waals surface area contributed by atoms with E-state index in [2.05, 4.69) is 68.9 Å². The number of pyridine rings is 2. The molecule has 0 saturated heterocycles. The third-order valence-corrected chi connectivity index (χ3v) is 10.6. The van der Waals surface area contributed by atoms with Gasteiger partial charge in [-0.05, 0) is 73.0 Å². The van der Waals surface area contributed by atoms with Gasteiger partial charge in [-0.1, -0.05) is 56.0 Å². The minimum Gasteiger partial charge on any atom is -0.358 e. The smallest absolute Gasteiger partial charge is 0.269 e. The summed E-state index contributed by atoms with van der Waals surface area (Å²) in [5.74, 6) is 1.65. The van der Waals surface area contributed by atoms with Crippen LogP contribution in [0.4, 0.5) is 0 Å². The summed E-state index contributed by atoms with van der Waals surface area (Å²) in [4.78, 5) is 53.5. The molecule has 2 aromatic carbocycles. The zero-order valence-electron chi connectivity index (χ0n) is 32.1. The van der Waals surface area contributed by atoms with Gasteiger partial charge in [0.15, 0.2) is 0 Å². The summed E-state index contributed by atoms with van der Waals surface area (Å²) < 4.78 is 2.26. The van der Waals surface area contributed by atoms with Gasteiger partial charge >= 0.3 is 0 Å². The summed E-state index contributed by atoms with van der Waals surface area (Å²) in [6.45, 7) is 12.4. The van der Waals surface area contributed by atoms with E-state index in [1.807, 2.05) is 49.3 Å². The molecule has 1 aliphatic heterocycles. The number of nitrogens with zero attached hydrogens (tertiary/aromatic N) is 6. The van der Waals surface area contributed by atoms with Crippen LogP contribution in [-0.2, 0) is 35.6 Å². The van der Waals surface area contributed by atoms with Crippen molar-refractivity contribution in [2.45, 2.75) is 71.6 Å². The van der Waals surface area contributed by atoms with Crippen molar-refractivity contribution in [1.82, 2.24) is 40.0 Å². The summed E-state index contributed by atoms with van der Waals surface area (Å²) in [7, 11) is 5.26. The van der Waals surface area contributed by atoms with Crippen molar-refractivity contribution in [3.05, 3.63) is 107 Å². The van der Waals surface area contributed by atoms with E-state index in [1.165, 1.54) is 29.5 Å². The molecular weight excluding hydrogens is 677 g/mol. The lowest BCUT2D eigenvalue weighted by molar-refractivity contribution is -0.130. The maximum absolute atomic E-state index is 12.1. The number of hydrogen-bond donors (Lipinski definition) is 2. The summed E-state index contributed by atoms with van der Waals surface area (Å²) in [5.41, 5.74) is 8.92. The Kier molecular flexibility index (Phi) is 11.7. The molecule has 3 aromatic heterocycles. The first-order valence-corrected chi connectivity index (χ1v) is 18.7. The second-order valence-electron chi connectivity index (χ2n) is 14.0. The molecule has 11 heteroatoms. The van der Waals surface area contributed by atoms with E-state index >= 15 is 0 Å². The highest BCUT2D eigenvalue weighted by Crippen LogP contribution is 2.43. The van der Waals surface area contributed by atoms with Gasteiger partial charge in [0, 0.05) is 76.0 Å². The maximum atomic E-state index is 12.1. The number of aryl methyl sites for hydroxylation is 1. The number of carbonyl (C=O) groups is 3. The minimum atomic E-state index is -0.221. The topological polar surface area (TPSA) is 125 Å². The van der Waals surface area contributed by atoms with Crippen LogP contribution in [0.3, 0.4) is 0 Å². The van der Waals surface area contributed by atoms with E-state index in [0.29, 0.717) is 24.7 Å². The average molecular weight is 727 g/mol. The molecule has 54 heavy (non-hydrogen) atoms. The van der Waals surface area contributed by atoms with Crippen molar-refractivity contribution >= 4 is 34.6 Å². The number of benzene rings is 2. The molecule has 2 aliphatic rings. The molecule has 280 valence electrons. The molecule has 5 aromatic rings. The highest BCUT2D eigenvalue weighted by atomic mass is 16.2. The van der Waals surface area contributed by atoms with Crippen LogP contribution in [0.25, 0.3) is 39.4 Å². The Balaban J connectivity index is 0.000000212. The molecule has 0 bridgehead atoms. The van der Waals surface area contributed by atoms with Gasteiger partial charge < -0.3 is 20.1 Å². The zero-order valence-corrected chi connectivity index (χ0v) is 32.1. The first-order valence-electron chi connectivity index (χ1n) is 18.7. The Morgan fingerprint density at radius 3 is 2.44 bits per heavy atom. The molecule has 11 nitrogen and oxygen atoms in total. The summed E-state index contributed by atoms with van der Waals surface area (Å²) in [6.07, 6.45) is 8.84. The van der Waals surface area contributed by atoms with Crippen molar-refractivity contribution in [2.75, 3.05) is 27.7 Å². The number of carbonyl (C=O) groups excluding carboxylic acids is 3. The van der Waals surface area contributed by atoms with Gasteiger partial charge in [-0.25, -0.2) is 4.98 Å². The Hall–Kier alpha value is -5.68. The van der Waals surface area contributed by atoms with Gasteiger partial charge in [0.1, 0.15) is 11.5 Å². The van der Waals surface area contributed by atoms with E-state index in [0.717, 1.165) is 64.3 Å². The molecule has 1 saturated carbocycles. The summed E-state index contributed by atoms with van der Waals surface area (Å²) in [5, 5.41) is 7.33. The summed E-state index contributed by atoms with van der Waals surface area (Å²) in [6, 6.07) is 18.0. The lowest BCUT2D eigenvalue weighted by Gasteiger charge is -2.28. The van der Waals surface area contributed by atoms with E-state index in [9.17, 15) is 14.4 Å². The SMILES string of the molecule is C=Cc1cccc(C2CC2)c1CN(C)C(C)C(=O)NC.CCc1nc(-c2cccc3cc(-c4ccc(C(=O)NC)nc4)ncc23)c2n1CCN(C(C)=O)C2. The first-order chi connectivity index (χ1) is 26.1. The number of aromatic nitrogens is 4. The standard InChI is InChI=1S/C26H26N6O2.C17H24N2O/c1-4-24-30-25(23-15-31(16(2)33)10-11-32(23)24)19-7-5-6-17-12-22(29-14-20(17)19)18-8-9-21(28-13-18)26(34)27-3;1-5-13-7-6-8-15(14-9-10-14)16(13)11-19(4)12(2)17(20)18-3/h5-9,12-14H,4,10-11,15H2,1-3H3,(H,27,34);5-8,12,14H,1,9-11H2,2-4H3,(H,18,20). The first kappa shape index (κ1) is 38.1. The molecule has 7 rings (SSSR count). The third-order valence-electron chi connectivity index (χ3n) is 10.6. The van der Waals surface area contributed by atoms with Crippen LogP contribution in [0.15, 0.2) is 73.6 Å². The molecule has 3 amide bonds. The van der Waals surface area contributed by atoms with Gasteiger partial charge in [0.25, 0.3) is 5.91 Å². The van der Waals surface area contributed by atoms with Crippen LogP contribution >= 0.6 is 0 Å². The Labute approximate surface area is 317 Å². The predicted molar refractivity (Wildman–Crippen MR) is 214 cm³/mol. The Bertz CT molecular complexity index is 2190. The highest BCUT2D eigenvalue weighted by molar-refractivity contribution is 5.97. The number of rotatable bonds is 10. The molecule has 4 heterocycles. The van der Waals surface area contributed by atoms with Crippen LogP contribution in [0.5, 0.6) is 0 Å². The fourth-order valence-electron chi connectivity index (χ4n) is 7.11. The van der Waals surface area contributed by atoms with E-state index in [-0.39, 0.29) is 23.8 Å². The van der Waals surface area contributed by atoms with Crippen LogP contribution in [0, 0.1) is 0 Å². The van der Waals surface area contributed by atoms with Crippen molar-refractivity contribution in [1.29, 1.82) is 0 Å². The second-order valence-corrected chi connectivity index (χ2v) is 14.0. The highest BCUT2D eigenvalue weighted by Gasteiger charge is 2.29. The van der Waals surface area contributed by atoms with Crippen molar-refractivity contribution in [3.63, 3.8) is 0 Å². The fourth-order valence-corrected chi connectivity index (χ4v) is 7.11. The number of likely N-dealkylation sites (N-methyl/N-ethyl adjacent to an activating group) is 2. The molecule has 0 spiro atoms. The average Bonchev–Trinajstić information content (AvgIpc) is 3.99. The molecule has 2 N–H and O–H groups in total. The normalized spacial score (nSPS) is 14.2. The van der Waals surface area contributed by atoms with E-state index in [1.54, 1.807) is 33.3 Å². The second kappa shape index (κ2) is 16.6. The quantitative estimate of drug-likeness (QED) is 0.175. The van der Waals surface area contributed by atoms with E-state index < -0.39 is 0 Å². The summed E-state index contributed by atoms with van der Waals surface area (Å²) >= 11 is 0. The predicted octanol–water partition coefficient (Wildman–Crippen LogP) is 6.22. The van der Waals surface area contributed by atoms with Gasteiger partial charge in [-0.15, -0.1) is 0 Å². The molecular formula is C43H50N8O3. The number of hydrogen-bond acceptors (Lipinski definition) is 7. The number of imidazole rings is 1. The van der Waals surface area contributed by atoms with Crippen molar-refractivity contribution < 1.29 is 14.4 Å². The number of fused-ring (bicyclic) bond motifs is 2. The number of amides is 3. The molecule has 1 atom stereocenters. The number of nitrogens with one attached hydrogen (secondary N) is 2. The van der Waals surface area contributed by atoms with Crippen LogP contribution in [0.1, 0.15) is 78.2 Å². The third kappa shape index (κ3) is 7.96. The van der Waals surface area contributed by atoms with E-state index in [4.69, 9.17) is 9.97 Å². The zero-order chi connectivity index (χ0) is 38.5. The van der Waals surface area contributed by atoms with Gasteiger partial charge in [0.05, 0.1) is 29.7 Å². The van der Waals surface area contributed by atoms with Gasteiger partial charge in [0.2, 0.25) is 11.8 Å².